The monoisotopic (exact) mass is 243 g/mol. The van der Waals surface area contributed by atoms with E-state index in [-0.39, 0.29) is 12.4 Å². The molecule has 0 amide bonds. The number of oxime groups is 1. The third-order valence-corrected chi connectivity index (χ3v) is 2.80. The van der Waals surface area contributed by atoms with E-state index in [1.165, 1.54) is 11.8 Å². The van der Waals surface area contributed by atoms with Crippen molar-refractivity contribution in [2.75, 3.05) is 12.4 Å². The number of nitrogens with zero attached hydrogens (tertiary/aromatic N) is 2. The predicted octanol–water partition coefficient (Wildman–Crippen LogP) is -0.379. The molecule has 0 radical (unpaired) electrons. The van der Waals surface area contributed by atoms with E-state index in [1.54, 1.807) is 18.2 Å². The normalized spacial score (nSPS) is 13.8. The van der Waals surface area contributed by atoms with Gasteiger partial charge >= 0.3 is 0 Å². The maximum atomic E-state index is 9.16. The van der Waals surface area contributed by atoms with Gasteiger partial charge in [0.05, 0.1) is 17.7 Å². The molecule has 16 heavy (non-hydrogen) atoms. The van der Waals surface area contributed by atoms with Crippen LogP contribution in [0.3, 0.4) is 0 Å². The SMILES string of the molecule is NC(=NO)c1cccc(SCC(O)CO)n1. The number of hydrogen-bond donors (Lipinski definition) is 4. The number of pyridine rings is 1. The first kappa shape index (κ1) is 12.8. The third kappa shape index (κ3) is 3.69. The highest BCUT2D eigenvalue weighted by Gasteiger charge is 2.06. The second-order valence-electron chi connectivity index (χ2n) is 2.99. The summed E-state index contributed by atoms with van der Waals surface area (Å²) in [5.41, 5.74) is 5.75. The molecular weight excluding hydrogens is 230 g/mol. The van der Waals surface area contributed by atoms with Crippen LogP contribution in [0.15, 0.2) is 28.4 Å². The Morgan fingerprint density at radius 1 is 1.56 bits per heavy atom. The fourth-order valence-corrected chi connectivity index (χ4v) is 1.73. The molecule has 1 rings (SSSR count). The highest BCUT2D eigenvalue weighted by Crippen LogP contribution is 2.16. The van der Waals surface area contributed by atoms with E-state index >= 15 is 0 Å². The standard InChI is InChI=1S/C9H13N3O3S/c10-9(12-15)7-2-1-3-8(11-7)16-5-6(14)4-13/h1-3,6,13-15H,4-5H2,(H2,10,12). The molecule has 88 valence electrons. The van der Waals surface area contributed by atoms with Crippen LogP contribution < -0.4 is 5.73 Å². The molecule has 1 heterocycles. The van der Waals surface area contributed by atoms with Gasteiger partial charge in [0.25, 0.3) is 0 Å². The fraction of sp³-hybridized carbons (Fsp3) is 0.333. The van der Waals surface area contributed by atoms with E-state index in [0.717, 1.165) is 0 Å². The van der Waals surface area contributed by atoms with Crippen LogP contribution in [0.1, 0.15) is 5.69 Å². The molecule has 6 nitrogen and oxygen atoms in total. The number of hydrogen-bond acceptors (Lipinski definition) is 6. The average Bonchev–Trinajstić information content (AvgIpc) is 2.35. The molecule has 0 spiro atoms. The van der Waals surface area contributed by atoms with Gasteiger partial charge in [-0.1, -0.05) is 11.2 Å². The highest BCUT2D eigenvalue weighted by molar-refractivity contribution is 7.99. The van der Waals surface area contributed by atoms with Gasteiger partial charge < -0.3 is 21.2 Å². The molecule has 0 bridgehead atoms. The van der Waals surface area contributed by atoms with Crippen LogP contribution in [0.25, 0.3) is 0 Å². The minimum Gasteiger partial charge on any atom is -0.409 e. The molecule has 0 saturated heterocycles. The van der Waals surface area contributed by atoms with Crippen molar-refractivity contribution in [3.8, 4) is 0 Å². The fourth-order valence-electron chi connectivity index (χ4n) is 0.923. The largest absolute Gasteiger partial charge is 0.409 e. The molecule has 0 aliphatic carbocycles. The number of nitrogens with two attached hydrogens (primary N) is 1. The Labute approximate surface area is 96.8 Å². The minimum atomic E-state index is -0.778. The maximum absolute atomic E-state index is 9.16. The first-order valence-corrected chi connectivity index (χ1v) is 5.52. The molecule has 0 aliphatic rings. The van der Waals surface area contributed by atoms with Crippen LogP contribution in [0, 0.1) is 0 Å². The van der Waals surface area contributed by atoms with Gasteiger partial charge in [0, 0.05) is 5.75 Å². The van der Waals surface area contributed by atoms with E-state index in [9.17, 15) is 0 Å². The molecule has 0 saturated carbocycles. The lowest BCUT2D eigenvalue weighted by molar-refractivity contribution is 0.113. The van der Waals surface area contributed by atoms with E-state index in [4.69, 9.17) is 21.2 Å². The van der Waals surface area contributed by atoms with Gasteiger partial charge in [-0.25, -0.2) is 4.98 Å². The van der Waals surface area contributed by atoms with Crippen molar-refractivity contribution < 1.29 is 15.4 Å². The Morgan fingerprint density at radius 2 is 2.31 bits per heavy atom. The zero-order valence-electron chi connectivity index (χ0n) is 8.45. The van der Waals surface area contributed by atoms with E-state index in [1.807, 2.05) is 0 Å². The number of thioether (sulfide) groups is 1. The molecule has 0 aliphatic heterocycles. The summed E-state index contributed by atoms with van der Waals surface area (Å²) in [5, 5.41) is 29.8. The lowest BCUT2D eigenvalue weighted by Crippen LogP contribution is -2.16. The van der Waals surface area contributed by atoms with Crippen LogP contribution in [-0.4, -0.2) is 44.7 Å². The van der Waals surface area contributed by atoms with Crippen molar-refractivity contribution in [3.05, 3.63) is 23.9 Å². The van der Waals surface area contributed by atoms with Crippen LogP contribution in [0.4, 0.5) is 0 Å². The van der Waals surface area contributed by atoms with Gasteiger partial charge in [-0.05, 0) is 12.1 Å². The van der Waals surface area contributed by atoms with Crippen LogP contribution in [0.5, 0.6) is 0 Å². The average molecular weight is 243 g/mol. The van der Waals surface area contributed by atoms with E-state index in [0.29, 0.717) is 16.5 Å². The predicted molar refractivity (Wildman–Crippen MR) is 60.6 cm³/mol. The van der Waals surface area contributed by atoms with E-state index in [2.05, 4.69) is 10.1 Å². The Morgan fingerprint density at radius 3 is 2.94 bits per heavy atom. The lowest BCUT2D eigenvalue weighted by atomic mass is 10.3. The molecule has 0 aromatic carbocycles. The summed E-state index contributed by atoms with van der Waals surface area (Å²) in [6, 6.07) is 5.07. The summed E-state index contributed by atoms with van der Waals surface area (Å²) < 4.78 is 0. The Bertz CT molecular complexity index is 373. The molecule has 1 aromatic rings. The van der Waals surface area contributed by atoms with Gasteiger partial charge in [0.1, 0.15) is 5.69 Å². The summed E-state index contributed by atoms with van der Waals surface area (Å²) in [5.74, 6) is 0.272. The maximum Gasteiger partial charge on any atom is 0.188 e. The summed E-state index contributed by atoms with van der Waals surface area (Å²) in [6.45, 7) is -0.285. The molecule has 0 fully saturated rings. The van der Waals surface area contributed by atoms with Crippen LogP contribution in [0.2, 0.25) is 0 Å². The number of rotatable bonds is 5. The molecule has 1 aromatic heterocycles. The van der Waals surface area contributed by atoms with Crippen molar-refractivity contribution in [2.45, 2.75) is 11.1 Å². The molecule has 7 heteroatoms. The zero-order valence-corrected chi connectivity index (χ0v) is 9.26. The second-order valence-corrected chi connectivity index (χ2v) is 4.03. The highest BCUT2D eigenvalue weighted by atomic mass is 32.2. The van der Waals surface area contributed by atoms with Crippen LogP contribution in [-0.2, 0) is 0 Å². The molecule has 5 N–H and O–H groups in total. The van der Waals surface area contributed by atoms with Gasteiger partial charge in [-0.3, -0.25) is 0 Å². The summed E-state index contributed by atoms with van der Waals surface area (Å²) >= 11 is 1.28. The number of amidine groups is 1. The minimum absolute atomic E-state index is 0.0647. The van der Waals surface area contributed by atoms with Gasteiger partial charge in [-0.2, -0.15) is 0 Å². The summed E-state index contributed by atoms with van der Waals surface area (Å²) in [6.07, 6.45) is -0.778. The van der Waals surface area contributed by atoms with Crippen molar-refractivity contribution in [1.29, 1.82) is 0 Å². The number of aromatic nitrogens is 1. The van der Waals surface area contributed by atoms with Crippen molar-refractivity contribution in [2.24, 2.45) is 10.9 Å². The summed E-state index contributed by atoms with van der Waals surface area (Å²) in [7, 11) is 0. The van der Waals surface area contributed by atoms with E-state index < -0.39 is 6.10 Å². The molecule has 1 unspecified atom stereocenters. The second kappa shape index (κ2) is 6.31. The molecule has 1 atom stereocenters. The quantitative estimate of drug-likeness (QED) is 0.184. The van der Waals surface area contributed by atoms with Crippen molar-refractivity contribution in [3.63, 3.8) is 0 Å². The van der Waals surface area contributed by atoms with Crippen molar-refractivity contribution >= 4 is 17.6 Å². The lowest BCUT2D eigenvalue weighted by Gasteiger charge is -2.06. The third-order valence-electron chi connectivity index (χ3n) is 1.73. The van der Waals surface area contributed by atoms with Gasteiger partial charge in [-0.15, -0.1) is 11.8 Å². The Balaban J connectivity index is 2.68. The number of aliphatic hydroxyl groups is 2. The topological polar surface area (TPSA) is 112 Å². The first-order chi connectivity index (χ1) is 7.67. The van der Waals surface area contributed by atoms with Gasteiger partial charge in [0.2, 0.25) is 0 Å². The smallest absolute Gasteiger partial charge is 0.188 e. The Hall–Kier alpha value is -1.31. The zero-order chi connectivity index (χ0) is 12.0. The number of aliphatic hydroxyl groups excluding tert-OH is 2. The Kier molecular flexibility index (Phi) is 5.03. The van der Waals surface area contributed by atoms with Crippen LogP contribution >= 0.6 is 11.8 Å². The first-order valence-electron chi connectivity index (χ1n) is 4.54. The summed E-state index contributed by atoms with van der Waals surface area (Å²) in [4.78, 5) is 4.10. The van der Waals surface area contributed by atoms with Crippen molar-refractivity contribution in [1.82, 2.24) is 4.98 Å². The van der Waals surface area contributed by atoms with Gasteiger partial charge in [0.15, 0.2) is 5.84 Å². The molecular formula is C9H13N3O3S.